The molecule has 0 fully saturated rings. The van der Waals surface area contributed by atoms with Gasteiger partial charge in [0.05, 0.1) is 6.10 Å². The highest BCUT2D eigenvalue weighted by atomic mass is 16.5. The van der Waals surface area contributed by atoms with Crippen LogP contribution in [0.1, 0.15) is 26.7 Å². The highest BCUT2D eigenvalue weighted by Gasteiger charge is 2.03. The van der Waals surface area contributed by atoms with Crippen molar-refractivity contribution in [2.75, 3.05) is 13.2 Å². The van der Waals surface area contributed by atoms with Crippen LogP contribution in [-0.4, -0.2) is 34.7 Å². The minimum absolute atomic E-state index is 0.132. The van der Waals surface area contributed by atoms with E-state index >= 15 is 0 Å². The van der Waals surface area contributed by atoms with Crippen molar-refractivity contribution in [1.29, 1.82) is 0 Å². The van der Waals surface area contributed by atoms with Gasteiger partial charge in [-0.1, -0.05) is 0 Å². The van der Waals surface area contributed by atoms with Crippen LogP contribution in [0, 0.1) is 0 Å². The highest BCUT2D eigenvalue weighted by molar-refractivity contribution is 5.75. The van der Waals surface area contributed by atoms with E-state index in [2.05, 4.69) is 10.3 Å². The second-order valence-electron chi connectivity index (χ2n) is 4.68. The van der Waals surface area contributed by atoms with E-state index in [0.29, 0.717) is 13.2 Å². The largest absolute Gasteiger partial charge is 0.379 e. The Hall–Kier alpha value is -1.89. The average Bonchev–Trinajstić information content (AvgIpc) is 2.37. The predicted molar refractivity (Wildman–Crippen MR) is 74.7 cm³/mol. The summed E-state index contributed by atoms with van der Waals surface area (Å²) in [6, 6.07) is 1.25. The summed E-state index contributed by atoms with van der Waals surface area (Å²) in [7, 11) is 0. The number of nitrogens with zero attached hydrogens (tertiary/aromatic N) is 1. The molecule has 1 amide bonds. The molecule has 0 radical (unpaired) electrons. The summed E-state index contributed by atoms with van der Waals surface area (Å²) < 4.78 is 6.64. The van der Waals surface area contributed by atoms with Crippen LogP contribution in [0.15, 0.2) is 21.9 Å². The van der Waals surface area contributed by atoms with Crippen molar-refractivity contribution in [2.45, 2.75) is 39.3 Å². The molecule has 1 rings (SSSR count). The van der Waals surface area contributed by atoms with Gasteiger partial charge in [0.2, 0.25) is 5.91 Å². The molecule has 112 valence electrons. The number of H-pyrrole nitrogens is 1. The molecule has 1 aromatic heterocycles. The Balaban J connectivity index is 2.23. The van der Waals surface area contributed by atoms with E-state index in [1.165, 1.54) is 16.8 Å². The van der Waals surface area contributed by atoms with Gasteiger partial charge in [-0.05, 0) is 20.3 Å². The van der Waals surface area contributed by atoms with Crippen LogP contribution in [0.3, 0.4) is 0 Å². The molecule has 0 aromatic carbocycles. The lowest BCUT2D eigenvalue weighted by Crippen LogP contribution is -2.31. The fourth-order valence-corrected chi connectivity index (χ4v) is 1.55. The summed E-state index contributed by atoms with van der Waals surface area (Å²) in [5.41, 5.74) is -0.948. The molecule has 0 bridgehead atoms. The summed E-state index contributed by atoms with van der Waals surface area (Å²) in [5, 5.41) is 2.75. The monoisotopic (exact) mass is 283 g/mol. The molecule has 0 aliphatic carbocycles. The second kappa shape index (κ2) is 8.31. The number of carbonyl (C=O) groups is 1. The third-order valence-electron chi connectivity index (χ3n) is 2.57. The number of rotatable bonds is 8. The number of hydrogen-bond donors (Lipinski definition) is 2. The lowest BCUT2D eigenvalue weighted by molar-refractivity contribution is -0.121. The molecule has 0 aliphatic rings. The first-order valence-corrected chi connectivity index (χ1v) is 6.67. The molecule has 1 aromatic rings. The van der Waals surface area contributed by atoms with Crippen molar-refractivity contribution in [1.82, 2.24) is 14.9 Å². The van der Waals surface area contributed by atoms with Gasteiger partial charge in [0.15, 0.2) is 0 Å². The standard InChI is InChI=1S/C13H21N3O4/c1-10(2)20-9-3-6-14-11(17)4-7-16-8-5-12(18)15-13(16)19/h5,8,10H,3-4,6-7,9H2,1-2H3,(H,14,17)(H,15,18,19). The number of carbonyl (C=O) groups excluding carboxylic acids is 1. The smallest absolute Gasteiger partial charge is 0.328 e. The van der Waals surface area contributed by atoms with E-state index in [0.717, 1.165) is 6.42 Å². The lowest BCUT2D eigenvalue weighted by atomic mass is 10.3. The van der Waals surface area contributed by atoms with Crippen molar-refractivity contribution in [3.63, 3.8) is 0 Å². The van der Waals surface area contributed by atoms with Crippen LogP contribution in [0.5, 0.6) is 0 Å². The van der Waals surface area contributed by atoms with Crippen LogP contribution in [0.2, 0.25) is 0 Å². The summed E-state index contributed by atoms with van der Waals surface area (Å²) in [4.78, 5) is 35.9. The van der Waals surface area contributed by atoms with Crippen molar-refractivity contribution >= 4 is 5.91 Å². The number of nitrogens with one attached hydrogen (secondary N) is 2. The van der Waals surface area contributed by atoms with E-state index in [-0.39, 0.29) is 25.0 Å². The first-order valence-electron chi connectivity index (χ1n) is 6.67. The fraction of sp³-hybridized carbons (Fsp3) is 0.615. The average molecular weight is 283 g/mol. The molecule has 0 saturated carbocycles. The molecule has 0 saturated heterocycles. The summed E-state index contributed by atoms with van der Waals surface area (Å²) >= 11 is 0. The van der Waals surface area contributed by atoms with E-state index in [9.17, 15) is 14.4 Å². The Kier molecular flexibility index (Phi) is 6.72. The summed E-state index contributed by atoms with van der Waals surface area (Å²) in [5.74, 6) is -0.132. The molecule has 0 unspecified atom stereocenters. The maximum atomic E-state index is 11.6. The van der Waals surface area contributed by atoms with Crippen molar-refractivity contribution < 1.29 is 9.53 Å². The molecule has 1 heterocycles. The van der Waals surface area contributed by atoms with E-state index in [4.69, 9.17) is 4.74 Å². The van der Waals surface area contributed by atoms with Gasteiger partial charge in [-0.15, -0.1) is 0 Å². The van der Waals surface area contributed by atoms with Gasteiger partial charge >= 0.3 is 5.69 Å². The van der Waals surface area contributed by atoms with Gasteiger partial charge in [-0.2, -0.15) is 0 Å². The Morgan fingerprint density at radius 2 is 2.20 bits per heavy atom. The van der Waals surface area contributed by atoms with Gasteiger partial charge in [0.1, 0.15) is 0 Å². The van der Waals surface area contributed by atoms with E-state index < -0.39 is 11.2 Å². The highest BCUT2D eigenvalue weighted by Crippen LogP contribution is 1.90. The Morgan fingerprint density at radius 1 is 1.45 bits per heavy atom. The molecule has 20 heavy (non-hydrogen) atoms. The molecule has 7 nitrogen and oxygen atoms in total. The third kappa shape index (κ3) is 6.33. The van der Waals surface area contributed by atoms with Gasteiger partial charge in [-0.25, -0.2) is 4.79 Å². The maximum Gasteiger partial charge on any atom is 0.328 e. The zero-order valence-electron chi connectivity index (χ0n) is 11.8. The van der Waals surface area contributed by atoms with Crippen molar-refractivity contribution in [3.05, 3.63) is 33.1 Å². The zero-order chi connectivity index (χ0) is 15.0. The second-order valence-corrected chi connectivity index (χ2v) is 4.68. The fourth-order valence-electron chi connectivity index (χ4n) is 1.55. The SMILES string of the molecule is CC(C)OCCCNC(=O)CCn1ccc(=O)[nH]c1=O. The molecule has 7 heteroatoms. The quantitative estimate of drug-likeness (QED) is 0.649. The van der Waals surface area contributed by atoms with Crippen LogP contribution in [0.4, 0.5) is 0 Å². The van der Waals surface area contributed by atoms with Crippen LogP contribution in [0.25, 0.3) is 0 Å². The molecule has 0 aliphatic heterocycles. The minimum atomic E-state index is -0.504. The van der Waals surface area contributed by atoms with Crippen LogP contribution >= 0.6 is 0 Å². The molecular formula is C13H21N3O4. The topological polar surface area (TPSA) is 93.2 Å². The van der Waals surface area contributed by atoms with Crippen molar-refractivity contribution in [3.8, 4) is 0 Å². The molecule has 0 spiro atoms. The van der Waals surface area contributed by atoms with Gasteiger partial charge in [0, 0.05) is 38.4 Å². The number of hydrogen-bond acceptors (Lipinski definition) is 4. The van der Waals surface area contributed by atoms with Gasteiger partial charge in [-0.3, -0.25) is 14.6 Å². The first-order chi connectivity index (χ1) is 9.49. The van der Waals surface area contributed by atoms with Gasteiger partial charge in [0.25, 0.3) is 5.56 Å². The Bertz CT molecular complexity index is 533. The number of aromatic amines is 1. The number of aryl methyl sites for hydroxylation is 1. The van der Waals surface area contributed by atoms with Crippen molar-refractivity contribution in [2.24, 2.45) is 0 Å². The number of ether oxygens (including phenoxy) is 1. The van der Waals surface area contributed by atoms with Crippen LogP contribution < -0.4 is 16.6 Å². The third-order valence-corrected chi connectivity index (χ3v) is 2.57. The molecule has 0 atom stereocenters. The zero-order valence-corrected chi connectivity index (χ0v) is 11.8. The normalized spacial score (nSPS) is 10.8. The van der Waals surface area contributed by atoms with Gasteiger partial charge < -0.3 is 14.6 Å². The lowest BCUT2D eigenvalue weighted by Gasteiger charge is -2.08. The minimum Gasteiger partial charge on any atom is -0.379 e. The predicted octanol–water partition coefficient (Wildman–Crippen LogP) is -0.142. The summed E-state index contributed by atoms with van der Waals surface area (Å²) in [6.45, 7) is 5.31. The molecule has 2 N–H and O–H groups in total. The summed E-state index contributed by atoms with van der Waals surface area (Å²) in [6.07, 6.45) is 2.52. The van der Waals surface area contributed by atoms with E-state index in [1.807, 2.05) is 13.8 Å². The molecular weight excluding hydrogens is 262 g/mol. The van der Waals surface area contributed by atoms with Crippen LogP contribution in [-0.2, 0) is 16.1 Å². The Labute approximate surface area is 117 Å². The first kappa shape index (κ1) is 16.2. The van der Waals surface area contributed by atoms with E-state index in [1.54, 1.807) is 0 Å². The maximum absolute atomic E-state index is 11.6. The number of aromatic nitrogens is 2. The Morgan fingerprint density at radius 3 is 2.85 bits per heavy atom. The number of amides is 1.